The van der Waals surface area contributed by atoms with Crippen LogP contribution in [0.25, 0.3) is 0 Å². The Balaban J connectivity index is 1.87. The molecule has 2 atom stereocenters. The summed E-state index contributed by atoms with van der Waals surface area (Å²) in [5.41, 5.74) is 5.78. The first-order chi connectivity index (χ1) is 8.90. The van der Waals surface area contributed by atoms with E-state index in [0.29, 0.717) is 6.42 Å². The van der Waals surface area contributed by atoms with Crippen LogP contribution in [0.5, 0.6) is 0 Å². The quantitative estimate of drug-likeness (QED) is 0.860. The monoisotopic (exact) mass is 276 g/mol. The normalized spacial score (nSPS) is 33.8. The molecule has 1 saturated heterocycles. The highest BCUT2D eigenvalue weighted by molar-refractivity contribution is 4.97. The first kappa shape index (κ1) is 15.1. The highest BCUT2D eigenvalue weighted by Crippen LogP contribution is 2.35. The van der Waals surface area contributed by atoms with Crippen molar-refractivity contribution in [3.05, 3.63) is 0 Å². The number of hydrogen-bond donors (Lipinski definition) is 1. The molecule has 0 bridgehead atoms. The molecule has 5 heteroatoms. The number of likely N-dealkylation sites (tertiary alicyclic amines) is 1. The van der Waals surface area contributed by atoms with Gasteiger partial charge in [0, 0.05) is 25.6 Å². The molecule has 0 unspecified atom stereocenters. The van der Waals surface area contributed by atoms with Gasteiger partial charge in [-0.05, 0) is 39.5 Å². The van der Waals surface area contributed by atoms with Crippen molar-refractivity contribution >= 4 is 0 Å². The van der Waals surface area contributed by atoms with E-state index in [1.165, 1.54) is 0 Å². The second-order valence-electron chi connectivity index (χ2n) is 6.17. The molecule has 0 amide bonds. The van der Waals surface area contributed by atoms with Gasteiger partial charge in [0.25, 0.3) is 5.92 Å². The number of alkyl halides is 2. The number of rotatable bonds is 3. The van der Waals surface area contributed by atoms with E-state index in [0.717, 1.165) is 32.4 Å². The predicted molar refractivity (Wildman–Crippen MR) is 71.4 cm³/mol. The summed E-state index contributed by atoms with van der Waals surface area (Å²) in [6, 6.07) is -1.17. The van der Waals surface area contributed by atoms with Gasteiger partial charge in [-0.25, -0.2) is 8.78 Å². The van der Waals surface area contributed by atoms with Gasteiger partial charge < -0.3 is 10.5 Å². The van der Waals surface area contributed by atoms with E-state index < -0.39 is 12.0 Å². The molecule has 19 heavy (non-hydrogen) atoms. The van der Waals surface area contributed by atoms with Gasteiger partial charge in [-0.1, -0.05) is 0 Å². The zero-order chi connectivity index (χ0) is 14.0. The van der Waals surface area contributed by atoms with Crippen LogP contribution in [0.3, 0.4) is 0 Å². The molecule has 1 aliphatic carbocycles. The zero-order valence-electron chi connectivity index (χ0n) is 11.9. The van der Waals surface area contributed by atoms with E-state index in [2.05, 4.69) is 4.90 Å². The van der Waals surface area contributed by atoms with Gasteiger partial charge in [0.15, 0.2) is 0 Å². The highest BCUT2D eigenvalue weighted by atomic mass is 19.3. The van der Waals surface area contributed by atoms with Crippen molar-refractivity contribution in [3.63, 3.8) is 0 Å². The van der Waals surface area contributed by atoms with E-state index in [1.54, 1.807) is 0 Å². The maximum atomic E-state index is 13.7. The Hall–Kier alpha value is -0.260. The lowest BCUT2D eigenvalue weighted by atomic mass is 9.85. The minimum absolute atomic E-state index is 0.0579. The molecule has 0 aromatic rings. The Bertz CT molecular complexity index is 291. The van der Waals surface area contributed by atoms with Gasteiger partial charge in [-0.2, -0.15) is 0 Å². The van der Waals surface area contributed by atoms with Crippen molar-refractivity contribution in [3.8, 4) is 0 Å². The summed E-state index contributed by atoms with van der Waals surface area (Å²) in [5, 5.41) is 0. The summed E-state index contributed by atoms with van der Waals surface area (Å²) >= 11 is 0. The molecule has 0 aromatic carbocycles. The maximum Gasteiger partial charge on any atom is 0.264 e. The smallest absolute Gasteiger partial charge is 0.264 e. The van der Waals surface area contributed by atoms with E-state index in [4.69, 9.17) is 10.5 Å². The third kappa shape index (κ3) is 3.64. The summed E-state index contributed by atoms with van der Waals surface area (Å²) in [7, 11) is 0. The van der Waals surface area contributed by atoms with Gasteiger partial charge >= 0.3 is 0 Å². The van der Waals surface area contributed by atoms with Crippen molar-refractivity contribution in [1.29, 1.82) is 0 Å². The Morgan fingerprint density at radius 2 is 1.84 bits per heavy atom. The number of halogens is 2. The molecular formula is C14H26F2N2O. The lowest BCUT2D eigenvalue weighted by Crippen LogP contribution is -2.60. The number of nitrogens with zero attached hydrogens (tertiary/aromatic N) is 1. The highest BCUT2D eigenvalue weighted by Gasteiger charge is 2.46. The van der Waals surface area contributed by atoms with Crippen LogP contribution in [0.15, 0.2) is 0 Å². The molecule has 3 nitrogen and oxygen atoms in total. The van der Waals surface area contributed by atoms with Gasteiger partial charge in [0.2, 0.25) is 0 Å². The minimum atomic E-state index is -2.70. The fourth-order valence-corrected chi connectivity index (χ4v) is 3.31. The van der Waals surface area contributed by atoms with Crippen molar-refractivity contribution in [2.24, 2.45) is 5.73 Å². The Labute approximate surface area is 114 Å². The second-order valence-corrected chi connectivity index (χ2v) is 6.17. The van der Waals surface area contributed by atoms with Gasteiger partial charge in [-0.15, -0.1) is 0 Å². The summed E-state index contributed by atoms with van der Waals surface area (Å²) < 4.78 is 33.1. The average Bonchev–Trinajstić information content (AvgIpc) is 2.33. The number of piperidine rings is 1. The molecule has 1 aliphatic heterocycles. The molecule has 0 spiro atoms. The molecule has 2 fully saturated rings. The van der Waals surface area contributed by atoms with Crippen molar-refractivity contribution < 1.29 is 13.5 Å². The lowest BCUT2D eigenvalue weighted by molar-refractivity contribution is -0.0945. The fraction of sp³-hybridized carbons (Fsp3) is 1.00. The van der Waals surface area contributed by atoms with Crippen LogP contribution in [-0.4, -0.2) is 48.2 Å². The Kier molecular flexibility index (Phi) is 4.79. The van der Waals surface area contributed by atoms with Crippen LogP contribution in [0.2, 0.25) is 0 Å². The molecule has 0 radical (unpaired) electrons. The first-order valence-electron chi connectivity index (χ1n) is 7.43. The molecule has 112 valence electrons. The van der Waals surface area contributed by atoms with Gasteiger partial charge in [0.1, 0.15) is 0 Å². The molecule has 0 aromatic heterocycles. The minimum Gasteiger partial charge on any atom is -0.375 e. The fourth-order valence-electron chi connectivity index (χ4n) is 3.31. The van der Waals surface area contributed by atoms with Crippen LogP contribution in [-0.2, 0) is 4.74 Å². The van der Waals surface area contributed by atoms with Crippen LogP contribution in [0, 0.1) is 0 Å². The third-order valence-corrected chi connectivity index (χ3v) is 4.32. The SMILES string of the molecule is CC(C)OC1CCN([C@H]2CCCC(F)(F)[C@@H]2N)CC1. The Morgan fingerprint density at radius 1 is 1.21 bits per heavy atom. The van der Waals surface area contributed by atoms with E-state index in [-0.39, 0.29) is 24.7 Å². The second kappa shape index (κ2) is 6.02. The van der Waals surface area contributed by atoms with E-state index >= 15 is 0 Å². The van der Waals surface area contributed by atoms with Gasteiger partial charge in [-0.3, -0.25) is 4.90 Å². The van der Waals surface area contributed by atoms with E-state index in [1.807, 2.05) is 13.8 Å². The van der Waals surface area contributed by atoms with Crippen LogP contribution >= 0.6 is 0 Å². The third-order valence-electron chi connectivity index (χ3n) is 4.32. The molecule has 2 aliphatic rings. The largest absolute Gasteiger partial charge is 0.375 e. The number of hydrogen-bond acceptors (Lipinski definition) is 3. The molecule has 1 saturated carbocycles. The number of nitrogens with two attached hydrogens (primary N) is 1. The summed E-state index contributed by atoms with van der Waals surface area (Å²) in [6.45, 7) is 5.71. The Morgan fingerprint density at radius 3 is 2.42 bits per heavy atom. The lowest BCUT2D eigenvalue weighted by Gasteiger charge is -2.44. The molecular weight excluding hydrogens is 250 g/mol. The maximum absolute atomic E-state index is 13.7. The van der Waals surface area contributed by atoms with Crippen molar-refractivity contribution in [2.45, 2.75) is 76.2 Å². The van der Waals surface area contributed by atoms with Crippen LogP contribution in [0.4, 0.5) is 8.78 Å². The topological polar surface area (TPSA) is 38.5 Å². The first-order valence-corrected chi connectivity index (χ1v) is 7.43. The predicted octanol–water partition coefficient (Wildman–Crippen LogP) is 2.39. The summed E-state index contributed by atoms with van der Waals surface area (Å²) in [6.07, 6.45) is 3.67. The molecule has 2 rings (SSSR count). The summed E-state index contributed by atoms with van der Waals surface area (Å²) in [4.78, 5) is 2.15. The van der Waals surface area contributed by atoms with E-state index in [9.17, 15) is 8.78 Å². The average molecular weight is 276 g/mol. The van der Waals surface area contributed by atoms with Crippen molar-refractivity contribution in [2.75, 3.05) is 13.1 Å². The van der Waals surface area contributed by atoms with Crippen LogP contribution in [0.1, 0.15) is 46.0 Å². The standard InChI is InChI=1S/C14H26F2N2O/c1-10(2)19-11-5-8-18(9-6-11)12-4-3-7-14(15,16)13(12)17/h10-13H,3-9,17H2,1-2H3/t12-,13+/m0/s1. The molecule has 1 heterocycles. The zero-order valence-corrected chi connectivity index (χ0v) is 11.9. The van der Waals surface area contributed by atoms with Gasteiger partial charge in [0.05, 0.1) is 18.2 Å². The molecule has 2 N–H and O–H groups in total. The van der Waals surface area contributed by atoms with Crippen LogP contribution < -0.4 is 5.73 Å². The summed E-state index contributed by atoms with van der Waals surface area (Å²) in [5.74, 6) is -2.70. The van der Waals surface area contributed by atoms with Crippen molar-refractivity contribution in [1.82, 2.24) is 4.90 Å². The number of ether oxygens (including phenoxy) is 1.